The van der Waals surface area contributed by atoms with Crippen molar-refractivity contribution in [1.82, 2.24) is 15.6 Å². The molecule has 5 aromatic rings. The third kappa shape index (κ3) is 8.54. The molecule has 9 nitrogen and oxygen atoms in total. The fourth-order valence-corrected chi connectivity index (χ4v) is 6.88. The van der Waals surface area contributed by atoms with E-state index in [4.69, 9.17) is 21.1 Å². The van der Waals surface area contributed by atoms with Gasteiger partial charge in [0.25, 0.3) is 0 Å². The van der Waals surface area contributed by atoms with Gasteiger partial charge in [-0.25, -0.2) is 0 Å². The molecule has 0 aliphatic carbocycles. The van der Waals surface area contributed by atoms with Gasteiger partial charge in [0.1, 0.15) is 36.3 Å². The lowest BCUT2D eigenvalue weighted by atomic mass is 9.89. The second kappa shape index (κ2) is 16.6. The van der Waals surface area contributed by atoms with Crippen molar-refractivity contribution in [2.75, 3.05) is 19.7 Å². The maximum atomic E-state index is 11.8. The van der Waals surface area contributed by atoms with Gasteiger partial charge in [-0.1, -0.05) is 72.3 Å². The van der Waals surface area contributed by atoms with Crippen LogP contribution in [0, 0.1) is 25.2 Å². The maximum absolute atomic E-state index is 11.8. The number of halogens is 1. The standard InChI is InChI=1S/C43H43ClN4O5/c1-27-34(6-4-8-37(27)38-9-5-7-36(28(38)2)32-12-10-31(11-13-32)33-14-15-46-22-33)25-53-41-18-40(52-24-30-16-29(19-45)20-47-21-30)35(17-39(41)44)23-48-43(3,26-49)42(50)51/h4-13,16-18,20-21,33,46,48-49H,14-15,22-26H2,1-3H3,(H,50,51)/t33-,43+/m1/s1. The first-order valence-electron chi connectivity index (χ1n) is 17.6. The highest BCUT2D eigenvalue weighted by atomic mass is 35.5. The topological polar surface area (TPSA) is 137 Å². The van der Waals surface area contributed by atoms with Gasteiger partial charge in [0, 0.05) is 42.7 Å². The van der Waals surface area contributed by atoms with Crippen LogP contribution in [0.2, 0.25) is 5.02 Å². The summed E-state index contributed by atoms with van der Waals surface area (Å²) in [6.07, 6.45) is 4.25. The van der Waals surface area contributed by atoms with Gasteiger partial charge in [-0.2, -0.15) is 5.26 Å². The Morgan fingerprint density at radius 3 is 2.38 bits per heavy atom. The van der Waals surface area contributed by atoms with Crippen LogP contribution >= 0.6 is 11.6 Å². The number of aliphatic hydroxyl groups is 1. The van der Waals surface area contributed by atoms with Gasteiger partial charge in [0.05, 0.1) is 17.2 Å². The number of hydrogen-bond donors (Lipinski definition) is 4. The van der Waals surface area contributed by atoms with Gasteiger partial charge in [-0.3, -0.25) is 15.1 Å². The van der Waals surface area contributed by atoms with Crippen LogP contribution in [0.5, 0.6) is 11.5 Å². The first-order chi connectivity index (χ1) is 25.6. The van der Waals surface area contributed by atoms with Gasteiger partial charge < -0.3 is 25.0 Å². The van der Waals surface area contributed by atoms with Crippen LogP contribution in [-0.4, -0.2) is 46.4 Å². The molecule has 0 spiro atoms. The smallest absolute Gasteiger partial charge is 0.326 e. The Kier molecular flexibility index (Phi) is 11.8. The molecule has 1 aliphatic rings. The van der Waals surface area contributed by atoms with Crippen LogP contribution in [0.4, 0.5) is 0 Å². The van der Waals surface area contributed by atoms with Crippen molar-refractivity contribution < 1.29 is 24.5 Å². The Morgan fingerprint density at radius 2 is 1.68 bits per heavy atom. The SMILES string of the molecule is Cc1c(COc2cc(OCc3cncc(C#N)c3)c(CN[C@@](C)(CO)C(=O)O)cc2Cl)cccc1-c1cccc(-c2ccc([C@@H]3CCNC3)cc2)c1C. The first-order valence-corrected chi connectivity index (χ1v) is 18.0. The average Bonchev–Trinajstić information content (AvgIpc) is 3.72. The summed E-state index contributed by atoms with van der Waals surface area (Å²) >= 11 is 6.76. The number of nitrogens with zero attached hydrogens (tertiary/aromatic N) is 2. The summed E-state index contributed by atoms with van der Waals surface area (Å²) in [5, 5.41) is 35.4. The normalized spacial score (nSPS) is 15.1. The van der Waals surface area contributed by atoms with Gasteiger partial charge in [-0.15, -0.1) is 0 Å². The van der Waals surface area contributed by atoms with Crippen LogP contribution < -0.4 is 20.1 Å². The molecule has 4 N–H and O–H groups in total. The van der Waals surface area contributed by atoms with E-state index in [1.165, 1.54) is 41.8 Å². The minimum absolute atomic E-state index is 0.0386. The fraction of sp³-hybridized carbons (Fsp3) is 0.279. The van der Waals surface area contributed by atoms with E-state index >= 15 is 0 Å². The number of pyridine rings is 1. The van der Waals surface area contributed by atoms with Crippen molar-refractivity contribution in [2.45, 2.75) is 58.4 Å². The molecule has 53 heavy (non-hydrogen) atoms. The van der Waals surface area contributed by atoms with Crippen LogP contribution in [0.25, 0.3) is 22.3 Å². The van der Waals surface area contributed by atoms with Crippen molar-refractivity contribution in [1.29, 1.82) is 5.26 Å². The molecule has 2 atom stereocenters. The van der Waals surface area contributed by atoms with Crippen molar-refractivity contribution in [2.24, 2.45) is 0 Å². The van der Waals surface area contributed by atoms with Gasteiger partial charge in [0.15, 0.2) is 0 Å². The van der Waals surface area contributed by atoms with Gasteiger partial charge >= 0.3 is 5.97 Å². The van der Waals surface area contributed by atoms with E-state index in [2.05, 4.69) is 84.1 Å². The zero-order chi connectivity index (χ0) is 37.5. The molecule has 0 radical (unpaired) electrons. The minimum Gasteiger partial charge on any atom is -0.488 e. The number of carboxylic acid groups (broad SMARTS) is 1. The maximum Gasteiger partial charge on any atom is 0.326 e. The molecule has 1 aromatic heterocycles. The van der Waals surface area contributed by atoms with E-state index < -0.39 is 18.1 Å². The molecular weight excluding hydrogens is 688 g/mol. The number of hydrogen-bond acceptors (Lipinski definition) is 8. The van der Waals surface area contributed by atoms with Crippen molar-refractivity contribution >= 4 is 17.6 Å². The highest BCUT2D eigenvalue weighted by Gasteiger charge is 2.32. The number of carboxylic acids is 1. The Morgan fingerprint density at radius 1 is 0.962 bits per heavy atom. The monoisotopic (exact) mass is 730 g/mol. The first kappa shape index (κ1) is 37.5. The summed E-state index contributed by atoms with van der Waals surface area (Å²) in [6, 6.07) is 28.7. The third-order valence-electron chi connectivity index (χ3n) is 10.1. The van der Waals surface area contributed by atoms with Crippen LogP contribution in [0.1, 0.15) is 58.2 Å². The van der Waals surface area contributed by atoms with E-state index in [1.807, 2.05) is 12.1 Å². The second-order valence-corrected chi connectivity index (χ2v) is 14.1. The van der Waals surface area contributed by atoms with Gasteiger partial charge in [-0.05, 0) is 96.3 Å². The molecule has 1 aliphatic heterocycles. The number of aliphatic carboxylic acids is 1. The molecule has 0 unspecified atom stereocenters. The molecule has 0 amide bonds. The van der Waals surface area contributed by atoms with Crippen LogP contribution in [0.15, 0.2) is 91.3 Å². The molecule has 1 saturated heterocycles. The van der Waals surface area contributed by atoms with Crippen LogP contribution in [-0.2, 0) is 24.6 Å². The molecular formula is C43H43ClN4O5. The Hall–Kier alpha value is -5.24. The third-order valence-corrected chi connectivity index (χ3v) is 10.4. The lowest BCUT2D eigenvalue weighted by Crippen LogP contribution is -2.52. The zero-order valence-corrected chi connectivity index (χ0v) is 30.8. The number of ether oxygens (including phenoxy) is 2. The highest BCUT2D eigenvalue weighted by molar-refractivity contribution is 6.32. The van der Waals surface area contributed by atoms with E-state index in [1.54, 1.807) is 24.4 Å². The van der Waals surface area contributed by atoms with E-state index in [0.717, 1.165) is 35.3 Å². The summed E-state index contributed by atoms with van der Waals surface area (Å²) in [5.41, 5.74) is 9.39. The Balaban J connectivity index is 1.24. The van der Waals surface area contributed by atoms with Crippen LogP contribution in [0.3, 0.4) is 0 Å². The minimum atomic E-state index is -1.58. The molecule has 1 fully saturated rings. The van der Waals surface area contributed by atoms with E-state index in [0.29, 0.717) is 39.1 Å². The van der Waals surface area contributed by atoms with Crippen molar-refractivity contribution in [3.63, 3.8) is 0 Å². The lowest BCUT2D eigenvalue weighted by Gasteiger charge is -2.25. The Labute approximate surface area is 315 Å². The summed E-state index contributed by atoms with van der Waals surface area (Å²) < 4.78 is 12.5. The molecule has 4 aromatic carbocycles. The molecule has 272 valence electrons. The quantitative estimate of drug-likeness (QED) is 0.0906. The number of aliphatic hydroxyl groups excluding tert-OH is 1. The van der Waals surface area contributed by atoms with Crippen molar-refractivity contribution in [3.05, 3.63) is 135 Å². The fourth-order valence-electron chi connectivity index (χ4n) is 6.64. The predicted molar refractivity (Wildman–Crippen MR) is 206 cm³/mol. The molecule has 10 heteroatoms. The number of nitrogens with one attached hydrogen (secondary N) is 2. The van der Waals surface area contributed by atoms with Crippen molar-refractivity contribution in [3.8, 4) is 39.8 Å². The number of carbonyl (C=O) groups is 1. The number of rotatable bonds is 14. The predicted octanol–water partition coefficient (Wildman–Crippen LogP) is 7.72. The summed E-state index contributed by atoms with van der Waals surface area (Å²) in [4.78, 5) is 15.9. The van der Waals surface area contributed by atoms with E-state index in [9.17, 15) is 20.3 Å². The highest BCUT2D eigenvalue weighted by Crippen LogP contribution is 2.37. The number of aromatic nitrogens is 1. The molecule has 0 saturated carbocycles. The van der Waals surface area contributed by atoms with E-state index in [-0.39, 0.29) is 19.8 Å². The average molecular weight is 731 g/mol. The second-order valence-electron chi connectivity index (χ2n) is 13.7. The number of benzene rings is 4. The Bertz CT molecular complexity index is 2140. The largest absolute Gasteiger partial charge is 0.488 e. The molecule has 0 bridgehead atoms. The van der Waals surface area contributed by atoms with Gasteiger partial charge in [0.2, 0.25) is 0 Å². The summed E-state index contributed by atoms with van der Waals surface area (Å²) in [6.45, 7) is 7.53. The molecule has 6 rings (SSSR count). The lowest BCUT2D eigenvalue weighted by molar-refractivity contribution is -0.145. The zero-order valence-electron chi connectivity index (χ0n) is 30.1. The summed E-state index contributed by atoms with van der Waals surface area (Å²) in [5.74, 6) is 0.164. The number of nitriles is 1. The molecule has 2 heterocycles. The summed E-state index contributed by atoms with van der Waals surface area (Å²) in [7, 11) is 0.